The molecule has 0 radical (unpaired) electrons. The average Bonchev–Trinajstić information content (AvgIpc) is 2.73. The van der Waals surface area contributed by atoms with Crippen molar-refractivity contribution in [3.05, 3.63) is 0 Å². The molecular weight excluding hydrogens is 190 g/mol. The summed E-state index contributed by atoms with van der Waals surface area (Å²) in [5.74, 6) is 0. The third kappa shape index (κ3) is 2.91. The molecule has 0 aromatic carbocycles. The molecule has 4 heteroatoms. The van der Waals surface area contributed by atoms with E-state index in [4.69, 9.17) is 0 Å². The smallest absolute Gasteiger partial charge is 0.0599 e. The van der Waals surface area contributed by atoms with Crippen molar-refractivity contribution in [2.24, 2.45) is 0 Å². The molecule has 2 saturated heterocycles. The minimum absolute atomic E-state index is 0.283. The summed E-state index contributed by atoms with van der Waals surface area (Å²) < 4.78 is 0. The van der Waals surface area contributed by atoms with Gasteiger partial charge in [-0.1, -0.05) is 0 Å². The molecule has 2 rings (SSSR count). The SMILES string of the molecule is CN1CCN(CC2CCCN2)CC1CO. The molecular formula is C11H23N3O. The first-order valence-corrected chi connectivity index (χ1v) is 6.06. The predicted octanol–water partition coefficient (Wildman–Crippen LogP) is -0.653. The summed E-state index contributed by atoms with van der Waals surface area (Å²) >= 11 is 0. The van der Waals surface area contributed by atoms with Gasteiger partial charge in [0, 0.05) is 38.3 Å². The van der Waals surface area contributed by atoms with E-state index in [1.165, 1.54) is 19.4 Å². The molecule has 2 aliphatic heterocycles. The number of aliphatic hydroxyl groups excluding tert-OH is 1. The van der Waals surface area contributed by atoms with Crippen molar-refractivity contribution in [1.29, 1.82) is 0 Å². The van der Waals surface area contributed by atoms with Crippen molar-refractivity contribution in [1.82, 2.24) is 15.1 Å². The standard InChI is InChI=1S/C11H23N3O/c1-13-5-6-14(8-11(13)9-15)7-10-3-2-4-12-10/h10-12,15H,2-9H2,1H3. The van der Waals surface area contributed by atoms with Gasteiger partial charge in [-0.15, -0.1) is 0 Å². The zero-order valence-corrected chi connectivity index (χ0v) is 9.65. The summed E-state index contributed by atoms with van der Waals surface area (Å²) in [7, 11) is 2.10. The zero-order valence-electron chi connectivity index (χ0n) is 9.65. The molecule has 0 bridgehead atoms. The van der Waals surface area contributed by atoms with Crippen LogP contribution in [0, 0.1) is 0 Å². The van der Waals surface area contributed by atoms with Gasteiger partial charge in [0.05, 0.1) is 6.61 Å². The predicted molar refractivity (Wildman–Crippen MR) is 61.0 cm³/mol. The summed E-state index contributed by atoms with van der Waals surface area (Å²) in [5, 5.41) is 12.8. The lowest BCUT2D eigenvalue weighted by Crippen LogP contribution is -2.55. The maximum Gasteiger partial charge on any atom is 0.0599 e. The molecule has 2 unspecified atom stereocenters. The van der Waals surface area contributed by atoms with E-state index in [0.717, 1.165) is 26.2 Å². The van der Waals surface area contributed by atoms with E-state index in [-0.39, 0.29) is 6.61 Å². The minimum atomic E-state index is 0.283. The Balaban J connectivity index is 1.78. The second-order valence-corrected chi connectivity index (χ2v) is 4.87. The summed E-state index contributed by atoms with van der Waals surface area (Å²) in [6.45, 7) is 5.87. The number of hydrogen-bond donors (Lipinski definition) is 2. The van der Waals surface area contributed by atoms with Gasteiger partial charge in [0.25, 0.3) is 0 Å². The van der Waals surface area contributed by atoms with E-state index in [1.54, 1.807) is 0 Å². The first kappa shape index (κ1) is 11.3. The normalized spacial score (nSPS) is 34.8. The van der Waals surface area contributed by atoms with E-state index in [9.17, 15) is 5.11 Å². The number of hydrogen-bond acceptors (Lipinski definition) is 4. The van der Waals surface area contributed by atoms with Crippen LogP contribution in [0.2, 0.25) is 0 Å². The Kier molecular flexibility index (Phi) is 3.97. The largest absolute Gasteiger partial charge is 0.395 e. The van der Waals surface area contributed by atoms with Crippen LogP contribution in [-0.2, 0) is 0 Å². The fourth-order valence-corrected chi connectivity index (χ4v) is 2.60. The van der Waals surface area contributed by atoms with Gasteiger partial charge in [-0.2, -0.15) is 0 Å². The lowest BCUT2D eigenvalue weighted by molar-refractivity contribution is 0.0539. The van der Waals surface area contributed by atoms with Crippen LogP contribution in [0.4, 0.5) is 0 Å². The Morgan fingerprint density at radius 3 is 2.93 bits per heavy atom. The van der Waals surface area contributed by atoms with Crippen molar-refractivity contribution >= 4 is 0 Å². The van der Waals surface area contributed by atoms with Gasteiger partial charge in [0.15, 0.2) is 0 Å². The molecule has 2 fully saturated rings. The summed E-state index contributed by atoms with van der Waals surface area (Å²) in [6, 6.07) is 1.02. The van der Waals surface area contributed by atoms with Crippen LogP contribution >= 0.6 is 0 Å². The Bertz CT molecular complexity index is 192. The van der Waals surface area contributed by atoms with Gasteiger partial charge in [-0.05, 0) is 26.4 Å². The fourth-order valence-electron chi connectivity index (χ4n) is 2.60. The maximum absolute atomic E-state index is 9.26. The molecule has 0 spiro atoms. The molecule has 2 aliphatic rings. The maximum atomic E-state index is 9.26. The Labute approximate surface area is 92.2 Å². The van der Waals surface area contributed by atoms with Crippen molar-refractivity contribution in [2.75, 3.05) is 46.4 Å². The average molecular weight is 213 g/mol. The van der Waals surface area contributed by atoms with Crippen molar-refractivity contribution in [3.8, 4) is 0 Å². The monoisotopic (exact) mass is 213 g/mol. The van der Waals surface area contributed by atoms with E-state index in [2.05, 4.69) is 22.2 Å². The molecule has 2 heterocycles. The zero-order chi connectivity index (χ0) is 10.7. The fraction of sp³-hybridized carbons (Fsp3) is 1.00. The number of nitrogens with zero attached hydrogens (tertiary/aromatic N) is 2. The van der Waals surface area contributed by atoms with Crippen molar-refractivity contribution in [3.63, 3.8) is 0 Å². The van der Waals surface area contributed by atoms with Crippen LogP contribution in [0.15, 0.2) is 0 Å². The third-order valence-corrected chi connectivity index (χ3v) is 3.71. The number of rotatable bonds is 3. The van der Waals surface area contributed by atoms with Crippen LogP contribution in [0.5, 0.6) is 0 Å². The lowest BCUT2D eigenvalue weighted by atomic mass is 10.1. The van der Waals surface area contributed by atoms with Crippen LogP contribution in [0.1, 0.15) is 12.8 Å². The Hall–Kier alpha value is -0.160. The molecule has 4 nitrogen and oxygen atoms in total. The minimum Gasteiger partial charge on any atom is -0.395 e. The third-order valence-electron chi connectivity index (χ3n) is 3.71. The van der Waals surface area contributed by atoms with Gasteiger partial charge in [0.1, 0.15) is 0 Å². The number of aliphatic hydroxyl groups is 1. The van der Waals surface area contributed by atoms with E-state index >= 15 is 0 Å². The van der Waals surface area contributed by atoms with E-state index in [1.807, 2.05) is 0 Å². The highest BCUT2D eigenvalue weighted by Gasteiger charge is 2.26. The highest BCUT2D eigenvalue weighted by molar-refractivity contribution is 4.84. The highest BCUT2D eigenvalue weighted by Crippen LogP contribution is 2.11. The Morgan fingerprint density at radius 1 is 1.40 bits per heavy atom. The number of likely N-dealkylation sites (N-methyl/N-ethyl adjacent to an activating group) is 1. The van der Waals surface area contributed by atoms with Gasteiger partial charge < -0.3 is 10.4 Å². The first-order chi connectivity index (χ1) is 7.29. The molecule has 2 atom stereocenters. The first-order valence-electron chi connectivity index (χ1n) is 6.06. The molecule has 0 aromatic rings. The lowest BCUT2D eigenvalue weighted by Gasteiger charge is -2.39. The van der Waals surface area contributed by atoms with Gasteiger partial charge in [0.2, 0.25) is 0 Å². The van der Waals surface area contributed by atoms with Crippen LogP contribution in [0.3, 0.4) is 0 Å². The number of nitrogens with one attached hydrogen (secondary N) is 1. The molecule has 0 saturated carbocycles. The van der Waals surface area contributed by atoms with Gasteiger partial charge in [-0.3, -0.25) is 9.80 Å². The highest BCUT2D eigenvalue weighted by atomic mass is 16.3. The molecule has 2 N–H and O–H groups in total. The van der Waals surface area contributed by atoms with Crippen LogP contribution in [0.25, 0.3) is 0 Å². The number of piperazine rings is 1. The summed E-state index contributed by atoms with van der Waals surface area (Å²) in [5.41, 5.74) is 0. The second-order valence-electron chi connectivity index (χ2n) is 4.87. The molecule has 15 heavy (non-hydrogen) atoms. The molecule has 0 amide bonds. The summed E-state index contributed by atoms with van der Waals surface area (Å²) in [6.07, 6.45) is 2.64. The van der Waals surface area contributed by atoms with Gasteiger partial charge >= 0.3 is 0 Å². The van der Waals surface area contributed by atoms with Crippen LogP contribution < -0.4 is 5.32 Å². The van der Waals surface area contributed by atoms with E-state index in [0.29, 0.717) is 12.1 Å². The second kappa shape index (κ2) is 5.25. The topological polar surface area (TPSA) is 38.7 Å². The van der Waals surface area contributed by atoms with Crippen molar-refractivity contribution in [2.45, 2.75) is 24.9 Å². The van der Waals surface area contributed by atoms with Crippen molar-refractivity contribution < 1.29 is 5.11 Å². The molecule has 0 aromatic heterocycles. The van der Waals surface area contributed by atoms with Gasteiger partial charge in [-0.25, -0.2) is 0 Å². The molecule has 88 valence electrons. The Morgan fingerprint density at radius 2 is 2.27 bits per heavy atom. The molecule has 0 aliphatic carbocycles. The summed E-state index contributed by atoms with van der Waals surface area (Å²) in [4.78, 5) is 4.75. The van der Waals surface area contributed by atoms with Crippen LogP contribution in [-0.4, -0.2) is 73.4 Å². The van der Waals surface area contributed by atoms with E-state index < -0.39 is 0 Å². The quantitative estimate of drug-likeness (QED) is 0.653.